The van der Waals surface area contributed by atoms with E-state index in [1.165, 1.54) is 0 Å². The Kier molecular flexibility index (Phi) is 5.22. The minimum Gasteiger partial charge on any atom is -0.396 e. The van der Waals surface area contributed by atoms with Gasteiger partial charge in [0.05, 0.1) is 6.04 Å². The van der Waals surface area contributed by atoms with Gasteiger partial charge >= 0.3 is 0 Å². The number of hydrogen-bond acceptors (Lipinski definition) is 2. The summed E-state index contributed by atoms with van der Waals surface area (Å²) < 4.78 is 0. The molecule has 0 aliphatic carbocycles. The number of hydrogen-bond donors (Lipinski definition) is 2. The summed E-state index contributed by atoms with van der Waals surface area (Å²) >= 11 is 0. The number of aliphatic hydroxyl groups excluding tert-OH is 1. The molecule has 2 N–H and O–H groups in total. The molecule has 0 rings (SSSR count). The van der Waals surface area contributed by atoms with Crippen molar-refractivity contribution in [3.8, 4) is 12.3 Å². The van der Waals surface area contributed by atoms with Crippen molar-refractivity contribution in [1.29, 1.82) is 0 Å². The van der Waals surface area contributed by atoms with Crippen LogP contribution >= 0.6 is 0 Å². The molecule has 62 valence electrons. The van der Waals surface area contributed by atoms with Gasteiger partial charge in [-0.25, -0.2) is 0 Å². The fraction of sp³-hybridized carbons (Fsp3) is 0.625. The molecule has 0 saturated heterocycles. The van der Waals surface area contributed by atoms with E-state index >= 15 is 0 Å². The summed E-state index contributed by atoms with van der Waals surface area (Å²) in [7, 11) is 0. The molecule has 0 aromatic heterocycles. The third-order valence-electron chi connectivity index (χ3n) is 1.19. The van der Waals surface area contributed by atoms with Crippen LogP contribution in [0.2, 0.25) is 0 Å². The predicted molar refractivity (Wildman–Crippen MR) is 42.8 cm³/mol. The molecular formula is C8H13NO2. The first-order valence-electron chi connectivity index (χ1n) is 3.57. The standard InChI is InChI=1S/C8H13NO2/c1-3-7(2)9-8(11)5-4-6-10/h1,7,10H,4-6H2,2H3,(H,9,11). The third kappa shape index (κ3) is 5.43. The maximum Gasteiger partial charge on any atom is 0.221 e. The lowest BCUT2D eigenvalue weighted by Gasteiger charge is -2.05. The lowest BCUT2D eigenvalue weighted by atomic mass is 10.3. The SMILES string of the molecule is C#CC(C)NC(=O)CCCO. The lowest BCUT2D eigenvalue weighted by Crippen LogP contribution is -2.31. The van der Waals surface area contributed by atoms with Crippen molar-refractivity contribution in [2.24, 2.45) is 0 Å². The molecule has 0 aliphatic heterocycles. The van der Waals surface area contributed by atoms with Gasteiger partial charge in [0.2, 0.25) is 5.91 Å². The highest BCUT2D eigenvalue weighted by Gasteiger charge is 2.02. The van der Waals surface area contributed by atoms with Gasteiger partial charge in [0, 0.05) is 13.0 Å². The van der Waals surface area contributed by atoms with Crippen LogP contribution in [0, 0.1) is 12.3 Å². The second-order valence-corrected chi connectivity index (χ2v) is 2.28. The second kappa shape index (κ2) is 5.75. The highest BCUT2D eigenvalue weighted by atomic mass is 16.3. The van der Waals surface area contributed by atoms with E-state index in [9.17, 15) is 4.79 Å². The summed E-state index contributed by atoms with van der Waals surface area (Å²) in [5, 5.41) is 11.0. The minimum atomic E-state index is -0.221. The molecule has 0 aromatic rings. The maximum atomic E-state index is 10.9. The molecule has 0 radical (unpaired) electrons. The molecule has 0 aromatic carbocycles. The number of aliphatic hydroxyl groups is 1. The molecule has 11 heavy (non-hydrogen) atoms. The molecule has 1 atom stereocenters. The van der Waals surface area contributed by atoms with E-state index in [0.717, 1.165) is 0 Å². The molecule has 3 nitrogen and oxygen atoms in total. The zero-order chi connectivity index (χ0) is 8.69. The van der Waals surface area contributed by atoms with Gasteiger partial charge in [0.15, 0.2) is 0 Å². The Hall–Kier alpha value is -1.01. The number of amides is 1. The van der Waals surface area contributed by atoms with Gasteiger partial charge in [0.25, 0.3) is 0 Å². The zero-order valence-corrected chi connectivity index (χ0v) is 6.63. The molecule has 1 unspecified atom stereocenters. The first-order valence-corrected chi connectivity index (χ1v) is 3.57. The van der Waals surface area contributed by atoms with Crippen molar-refractivity contribution in [1.82, 2.24) is 5.32 Å². The lowest BCUT2D eigenvalue weighted by molar-refractivity contribution is -0.121. The Morgan fingerprint density at radius 1 is 1.82 bits per heavy atom. The van der Waals surface area contributed by atoms with Gasteiger partial charge < -0.3 is 10.4 Å². The van der Waals surface area contributed by atoms with E-state index in [4.69, 9.17) is 11.5 Å². The Balaban J connectivity index is 3.46. The number of carbonyl (C=O) groups is 1. The summed E-state index contributed by atoms with van der Waals surface area (Å²) in [6.07, 6.45) is 5.86. The molecular weight excluding hydrogens is 142 g/mol. The van der Waals surface area contributed by atoms with Gasteiger partial charge in [-0.15, -0.1) is 6.42 Å². The van der Waals surface area contributed by atoms with Crippen LogP contribution in [-0.2, 0) is 4.79 Å². The van der Waals surface area contributed by atoms with E-state index in [1.807, 2.05) is 0 Å². The summed E-state index contributed by atoms with van der Waals surface area (Å²) in [4.78, 5) is 10.9. The monoisotopic (exact) mass is 155 g/mol. The third-order valence-corrected chi connectivity index (χ3v) is 1.19. The van der Waals surface area contributed by atoms with Crippen molar-refractivity contribution < 1.29 is 9.90 Å². The van der Waals surface area contributed by atoms with E-state index in [1.54, 1.807) is 6.92 Å². The molecule has 0 spiro atoms. The van der Waals surface area contributed by atoms with Crippen LogP contribution in [0.15, 0.2) is 0 Å². The normalized spacial score (nSPS) is 11.7. The van der Waals surface area contributed by atoms with Crippen LogP contribution in [0.25, 0.3) is 0 Å². The summed E-state index contributed by atoms with van der Waals surface area (Å²) in [5.41, 5.74) is 0. The molecule has 0 bridgehead atoms. The topological polar surface area (TPSA) is 49.3 Å². The molecule has 0 aliphatic rings. The van der Waals surface area contributed by atoms with Gasteiger partial charge in [-0.1, -0.05) is 5.92 Å². The van der Waals surface area contributed by atoms with Crippen LogP contribution in [0.5, 0.6) is 0 Å². The second-order valence-electron chi connectivity index (χ2n) is 2.28. The van der Waals surface area contributed by atoms with Crippen molar-refractivity contribution in [2.45, 2.75) is 25.8 Å². The Labute approximate surface area is 66.8 Å². The quantitative estimate of drug-likeness (QED) is 0.557. The fourth-order valence-corrected chi connectivity index (χ4v) is 0.595. The van der Waals surface area contributed by atoms with E-state index < -0.39 is 0 Å². The van der Waals surface area contributed by atoms with Crippen molar-refractivity contribution in [2.75, 3.05) is 6.61 Å². The van der Waals surface area contributed by atoms with Gasteiger partial charge in [-0.05, 0) is 13.3 Å². The van der Waals surface area contributed by atoms with Crippen molar-refractivity contribution >= 4 is 5.91 Å². The van der Waals surface area contributed by atoms with Crippen molar-refractivity contribution in [3.05, 3.63) is 0 Å². The molecule has 0 saturated carbocycles. The van der Waals surface area contributed by atoms with Crippen LogP contribution in [-0.4, -0.2) is 23.7 Å². The summed E-state index contributed by atoms with van der Waals surface area (Å²) in [5.74, 6) is 2.27. The van der Waals surface area contributed by atoms with E-state index in [-0.39, 0.29) is 18.6 Å². The average Bonchev–Trinajstić information content (AvgIpc) is 2.00. The molecule has 0 fully saturated rings. The number of carbonyl (C=O) groups excluding carboxylic acids is 1. The van der Waals surface area contributed by atoms with Crippen molar-refractivity contribution in [3.63, 3.8) is 0 Å². The predicted octanol–water partition coefficient (Wildman–Crippen LogP) is -0.103. The highest BCUT2D eigenvalue weighted by Crippen LogP contribution is 1.88. The Bertz CT molecular complexity index is 160. The molecule has 1 amide bonds. The van der Waals surface area contributed by atoms with Crippen LogP contribution in [0.4, 0.5) is 0 Å². The number of nitrogens with one attached hydrogen (secondary N) is 1. The van der Waals surface area contributed by atoms with E-state index in [0.29, 0.717) is 12.8 Å². The number of terminal acetylenes is 1. The van der Waals surface area contributed by atoms with Crippen LogP contribution in [0.1, 0.15) is 19.8 Å². The first kappa shape index (κ1) is 9.99. The Morgan fingerprint density at radius 2 is 2.45 bits per heavy atom. The van der Waals surface area contributed by atoms with Gasteiger partial charge in [-0.3, -0.25) is 4.79 Å². The number of rotatable bonds is 4. The first-order chi connectivity index (χ1) is 5.20. The maximum absolute atomic E-state index is 10.9. The highest BCUT2D eigenvalue weighted by molar-refractivity contribution is 5.76. The summed E-state index contributed by atoms with van der Waals surface area (Å²) in [6.45, 7) is 1.77. The largest absolute Gasteiger partial charge is 0.396 e. The van der Waals surface area contributed by atoms with Crippen LogP contribution < -0.4 is 5.32 Å². The van der Waals surface area contributed by atoms with Gasteiger partial charge in [0.1, 0.15) is 0 Å². The summed E-state index contributed by atoms with van der Waals surface area (Å²) in [6, 6.07) is -0.221. The zero-order valence-electron chi connectivity index (χ0n) is 6.63. The molecule has 3 heteroatoms. The van der Waals surface area contributed by atoms with E-state index in [2.05, 4.69) is 11.2 Å². The smallest absolute Gasteiger partial charge is 0.221 e. The Morgan fingerprint density at radius 3 is 2.91 bits per heavy atom. The molecule has 0 heterocycles. The van der Waals surface area contributed by atoms with Gasteiger partial charge in [-0.2, -0.15) is 0 Å². The van der Waals surface area contributed by atoms with Crippen LogP contribution in [0.3, 0.4) is 0 Å². The fourth-order valence-electron chi connectivity index (χ4n) is 0.595. The average molecular weight is 155 g/mol. The minimum absolute atomic E-state index is 0.0395.